The standard InChI is InChI=1S/C23H19ClN2O4/c1-29-20-9-6-13(11-19(20)24)21-17-4-2-3-5-18(17)22(27)26(25-21)15-7-8-16-14(10-15)12-30-23(16)28/h2-3,6-11,17-18H,4-5,12H2,1H3/t17-,18+/m1/s1. The number of carbonyl (C=O) groups excluding carboxylic acids is 2. The molecule has 0 N–H and O–H groups in total. The van der Waals surface area contributed by atoms with Crippen LogP contribution in [0.4, 0.5) is 5.69 Å². The summed E-state index contributed by atoms with van der Waals surface area (Å²) in [6, 6.07) is 10.8. The number of carbonyl (C=O) groups is 2. The zero-order chi connectivity index (χ0) is 20.8. The Labute approximate surface area is 178 Å². The van der Waals surface area contributed by atoms with Gasteiger partial charge in [-0.3, -0.25) is 4.79 Å². The number of halogens is 1. The molecule has 6 nitrogen and oxygen atoms in total. The van der Waals surface area contributed by atoms with E-state index in [1.54, 1.807) is 25.3 Å². The molecule has 3 aliphatic rings. The maximum Gasteiger partial charge on any atom is 0.338 e. The Morgan fingerprint density at radius 3 is 2.67 bits per heavy atom. The summed E-state index contributed by atoms with van der Waals surface area (Å²) in [5.41, 5.74) is 3.61. The molecule has 2 aliphatic heterocycles. The molecule has 2 heterocycles. The first kappa shape index (κ1) is 18.9. The van der Waals surface area contributed by atoms with Gasteiger partial charge in [-0.05, 0) is 54.8 Å². The highest BCUT2D eigenvalue weighted by molar-refractivity contribution is 6.32. The number of hydrazone groups is 1. The van der Waals surface area contributed by atoms with Crippen molar-refractivity contribution < 1.29 is 19.1 Å². The third-order valence-electron chi connectivity index (χ3n) is 5.88. The van der Waals surface area contributed by atoms with Crippen molar-refractivity contribution in [1.29, 1.82) is 0 Å². The number of methoxy groups -OCH3 is 1. The maximum atomic E-state index is 13.3. The van der Waals surface area contributed by atoms with Crippen molar-refractivity contribution in [2.75, 3.05) is 12.1 Å². The molecule has 0 unspecified atom stereocenters. The monoisotopic (exact) mass is 422 g/mol. The summed E-state index contributed by atoms with van der Waals surface area (Å²) in [5, 5.41) is 6.72. The van der Waals surface area contributed by atoms with Crippen LogP contribution in [0.2, 0.25) is 5.02 Å². The second kappa shape index (κ2) is 7.29. The molecule has 0 bridgehead atoms. The molecule has 2 aromatic carbocycles. The van der Waals surface area contributed by atoms with Gasteiger partial charge in [0.05, 0.1) is 35.0 Å². The summed E-state index contributed by atoms with van der Waals surface area (Å²) in [5.74, 6) is -0.000769. The van der Waals surface area contributed by atoms with Crippen LogP contribution in [0.25, 0.3) is 0 Å². The minimum atomic E-state index is -0.337. The van der Waals surface area contributed by atoms with Gasteiger partial charge >= 0.3 is 5.97 Å². The first-order chi connectivity index (χ1) is 14.6. The molecule has 0 fully saturated rings. The summed E-state index contributed by atoms with van der Waals surface area (Å²) >= 11 is 6.36. The van der Waals surface area contributed by atoms with Crippen LogP contribution in [0, 0.1) is 11.8 Å². The SMILES string of the molecule is COc1ccc(C2=NN(c3ccc4c(c3)COC4=O)C(=O)[C@H]3CC=CC[C@@H]23)cc1Cl. The fourth-order valence-electron chi connectivity index (χ4n) is 4.31. The highest BCUT2D eigenvalue weighted by atomic mass is 35.5. The predicted molar refractivity (Wildman–Crippen MR) is 113 cm³/mol. The van der Waals surface area contributed by atoms with E-state index in [1.165, 1.54) is 5.01 Å². The van der Waals surface area contributed by atoms with Crippen molar-refractivity contribution in [1.82, 2.24) is 0 Å². The molecule has 1 amide bonds. The van der Waals surface area contributed by atoms with E-state index in [1.807, 2.05) is 18.2 Å². The Morgan fingerprint density at radius 2 is 1.90 bits per heavy atom. The first-order valence-electron chi connectivity index (χ1n) is 9.78. The van der Waals surface area contributed by atoms with Gasteiger partial charge in [-0.1, -0.05) is 23.8 Å². The number of amides is 1. The first-order valence-corrected chi connectivity index (χ1v) is 10.2. The molecule has 7 heteroatoms. The summed E-state index contributed by atoms with van der Waals surface area (Å²) in [7, 11) is 1.57. The van der Waals surface area contributed by atoms with Crippen LogP contribution < -0.4 is 9.75 Å². The minimum Gasteiger partial charge on any atom is -0.495 e. The smallest absolute Gasteiger partial charge is 0.338 e. The molecule has 0 saturated heterocycles. The van der Waals surface area contributed by atoms with E-state index in [0.717, 1.165) is 23.3 Å². The van der Waals surface area contributed by atoms with E-state index < -0.39 is 0 Å². The lowest BCUT2D eigenvalue weighted by atomic mass is 9.76. The van der Waals surface area contributed by atoms with E-state index >= 15 is 0 Å². The Balaban J connectivity index is 1.61. The molecule has 0 aromatic heterocycles. The summed E-state index contributed by atoms with van der Waals surface area (Å²) < 4.78 is 10.4. The van der Waals surface area contributed by atoms with Crippen LogP contribution >= 0.6 is 11.6 Å². The van der Waals surface area contributed by atoms with Gasteiger partial charge in [-0.2, -0.15) is 5.10 Å². The van der Waals surface area contributed by atoms with Crippen molar-refractivity contribution in [3.8, 4) is 5.75 Å². The molecule has 0 saturated carbocycles. The van der Waals surface area contributed by atoms with Gasteiger partial charge in [0.15, 0.2) is 0 Å². The third kappa shape index (κ3) is 2.99. The van der Waals surface area contributed by atoms with Crippen LogP contribution in [-0.4, -0.2) is 24.7 Å². The number of fused-ring (bicyclic) bond motifs is 2. The topological polar surface area (TPSA) is 68.2 Å². The van der Waals surface area contributed by atoms with Crippen LogP contribution in [0.15, 0.2) is 53.7 Å². The average Bonchev–Trinajstić information content (AvgIpc) is 3.14. The van der Waals surface area contributed by atoms with Crippen molar-refractivity contribution in [2.24, 2.45) is 16.9 Å². The third-order valence-corrected chi connectivity index (χ3v) is 6.17. The van der Waals surface area contributed by atoms with Crippen molar-refractivity contribution in [2.45, 2.75) is 19.4 Å². The quantitative estimate of drug-likeness (QED) is 0.544. The largest absolute Gasteiger partial charge is 0.495 e. The van der Waals surface area contributed by atoms with Gasteiger partial charge < -0.3 is 9.47 Å². The van der Waals surface area contributed by atoms with Crippen LogP contribution in [0.1, 0.15) is 34.3 Å². The molecule has 5 rings (SSSR count). The molecule has 2 atom stereocenters. The molecule has 0 radical (unpaired) electrons. The van der Waals surface area contributed by atoms with E-state index in [9.17, 15) is 9.59 Å². The number of benzene rings is 2. The Hall–Kier alpha value is -3.12. The van der Waals surface area contributed by atoms with Crippen LogP contribution in [0.5, 0.6) is 5.75 Å². The summed E-state index contributed by atoms with van der Waals surface area (Å²) in [4.78, 5) is 25.1. The molecule has 30 heavy (non-hydrogen) atoms. The molecule has 2 aromatic rings. The number of rotatable bonds is 3. The number of hydrogen-bond donors (Lipinski definition) is 0. The Kier molecular flexibility index (Phi) is 4.59. The second-order valence-electron chi connectivity index (χ2n) is 7.56. The van der Waals surface area contributed by atoms with Crippen molar-refractivity contribution in [3.05, 3.63) is 70.3 Å². The van der Waals surface area contributed by atoms with Gasteiger partial charge in [0.25, 0.3) is 5.91 Å². The highest BCUT2D eigenvalue weighted by Gasteiger charge is 2.41. The van der Waals surface area contributed by atoms with E-state index in [2.05, 4.69) is 12.2 Å². The number of anilines is 1. The van der Waals surface area contributed by atoms with Gasteiger partial charge in [-0.25, -0.2) is 9.80 Å². The molecular weight excluding hydrogens is 404 g/mol. The van der Waals surface area contributed by atoms with Crippen molar-refractivity contribution >= 4 is 34.9 Å². The lowest BCUT2D eigenvalue weighted by Gasteiger charge is -2.37. The average molecular weight is 423 g/mol. The lowest BCUT2D eigenvalue weighted by Crippen LogP contribution is -2.45. The fraction of sp³-hybridized carbons (Fsp3) is 0.261. The van der Waals surface area contributed by atoms with Gasteiger partial charge in [0, 0.05) is 11.5 Å². The molecule has 1 aliphatic carbocycles. The lowest BCUT2D eigenvalue weighted by molar-refractivity contribution is -0.123. The fourth-order valence-corrected chi connectivity index (χ4v) is 4.57. The summed E-state index contributed by atoms with van der Waals surface area (Å²) in [6.07, 6.45) is 5.56. The number of cyclic esters (lactones) is 1. The van der Waals surface area contributed by atoms with Crippen LogP contribution in [0.3, 0.4) is 0 Å². The number of nitrogens with zero attached hydrogens (tertiary/aromatic N) is 2. The molecule has 0 spiro atoms. The van der Waals surface area contributed by atoms with Crippen molar-refractivity contribution in [3.63, 3.8) is 0 Å². The number of allylic oxidation sites excluding steroid dienone is 2. The normalized spacial score (nSPS) is 22.3. The Bertz CT molecular complexity index is 1120. The minimum absolute atomic E-state index is 0.0115. The van der Waals surface area contributed by atoms with E-state index in [4.69, 9.17) is 26.2 Å². The number of ether oxygens (including phenoxy) is 2. The van der Waals surface area contributed by atoms with E-state index in [0.29, 0.717) is 28.4 Å². The number of hydrogen-bond acceptors (Lipinski definition) is 5. The maximum absolute atomic E-state index is 13.3. The zero-order valence-electron chi connectivity index (χ0n) is 16.3. The molecule has 152 valence electrons. The van der Waals surface area contributed by atoms with E-state index in [-0.39, 0.29) is 30.3 Å². The van der Waals surface area contributed by atoms with Gasteiger partial charge in [-0.15, -0.1) is 0 Å². The van der Waals surface area contributed by atoms with Gasteiger partial charge in [0.2, 0.25) is 0 Å². The second-order valence-corrected chi connectivity index (χ2v) is 7.97. The predicted octanol–water partition coefficient (Wildman–Crippen LogP) is 4.35. The Morgan fingerprint density at radius 1 is 1.10 bits per heavy atom. The summed E-state index contributed by atoms with van der Waals surface area (Å²) in [6.45, 7) is 0.212. The number of esters is 1. The van der Waals surface area contributed by atoms with Gasteiger partial charge in [0.1, 0.15) is 12.4 Å². The molecular formula is C23H19ClN2O4. The highest BCUT2D eigenvalue weighted by Crippen LogP contribution is 2.38. The zero-order valence-corrected chi connectivity index (χ0v) is 17.1. The van der Waals surface area contributed by atoms with Crippen LogP contribution in [-0.2, 0) is 16.1 Å².